The van der Waals surface area contributed by atoms with Crippen molar-refractivity contribution in [3.8, 4) is 0 Å². The number of carbonyl (C=O) groups is 1. The van der Waals surface area contributed by atoms with Crippen molar-refractivity contribution in [3.63, 3.8) is 0 Å². The molecule has 0 spiro atoms. The summed E-state index contributed by atoms with van der Waals surface area (Å²) in [5.41, 5.74) is 1.27. The molecule has 20 heavy (non-hydrogen) atoms. The van der Waals surface area contributed by atoms with E-state index in [1.54, 1.807) is 11.8 Å². The molecule has 0 saturated carbocycles. The van der Waals surface area contributed by atoms with Crippen LogP contribution in [0, 0.1) is 0 Å². The Bertz CT molecular complexity index is 424. The molecule has 2 rings (SSSR count). The Morgan fingerprint density at radius 3 is 2.90 bits per heavy atom. The summed E-state index contributed by atoms with van der Waals surface area (Å²) in [5, 5.41) is 6.59. The lowest BCUT2D eigenvalue weighted by molar-refractivity contribution is -0.121. The molecule has 3 nitrogen and oxygen atoms in total. The fraction of sp³-hybridized carbons (Fsp3) is 0.562. The van der Waals surface area contributed by atoms with E-state index in [4.69, 9.17) is 0 Å². The van der Waals surface area contributed by atoms with Gasteiger partial charge in [-0.05, 0) is 38.8 Å². The minimum atomic E-state index is -0.00988. The van der Waals surface area contributed by atoms with E-state index in [0.29, 0.717) is 6.04 Å². The van der Waals surface area contributed by atoms with Crippen molar-refractivity contribution < 1.29 is 4.79 Å². The molecule has 2 N–H and O–H groups in total. The Kier molecular flexibility index (Phi) is 5.92. The predicted octanol–water partition coefficient (Wildman–Crippen LogP) is 2.57. The van der Waals surface area contributed by atoms with Crippen molar-refractivity contribution in [1.82, 2.24) is 10.6 Å². The van der Waals surface area contributed by atoms with Gasteiger partial charge in [0, 0.05) is 17.8 Å². The highest BCUT2D eigenvalue weighted by molar-refractivity contribution is 7.99. The van der Waals surface area contributed by atoms with Gasteiger partial charge in [-0.1, -0.05) is 30.3 Å². The highest BCUT2D eigenvalue weighted by Gasteiger charge is 2.24. The predicted molar refractivity (Wildman–Crippen MR) is 85.8 cm³/mol. The Morgan fingerprint density at radius 2 is 2.20 bits per heavy atom. The van der Waals surface area contributed by atoms with E-state index in [2.05, 4.69) is 29.7 Å². The molecule has 0 aromatic heterocycles. The fourth-order valence-corrected chi connectivity index (χ4v) is 3.27. The number of rotatable bonds is 5. The third-order valence-corrected chi connectivity index (χ3v) is 5.02. The van der Waals surface area contributed by atoms with Gasteiger partial charge in [-0.2, -0.15) is 0 Å². The van der Waals surface area contributed by atoms with Gasteiger partial charge in [-0.25, -0.2) is 0 Å². The van der Waals surface area contributed by atoms with Crippen LogP contribution in [0.25, 0.3) is 0 Å². The lowest BCUT2D eigenvalue weighted by Crippen LogP contribution is -2.53. The van der Waals surface area contributed by atoms with Crippen LogP contribution in [0.2, 0.25) is 0 Å². The minimum Gasteiger partial charge on any atom is -0.351 e. The molecule has 3 atom stereocenters. The van der Waals surface area contributed by atoms with Crippen LogP contribution in [0.15, 0.2) is 30.3 Å². The van der Waals surface area contributed by atoms with Crippen molar-refractivity contribution in [2.75, 3.05) is 6.54 Å². The Labute approximate surface area is 125 Å². The van der Waals surface area contributed by atoms with Crippen LogP contribution >= 0.6 is 11.8 Å². The molecule has 1 heterocycles. The average Bonchev–Trinajstić information content (AvgIpc) is 2.48. The molecular weight excluding hydrogens is 268 g/mol. The molecule has 4 heteroatoms. The van der Waals surface area contributed by atoms with Crippen molar-refractivity contribution in [2.45, 2.75) is 49.8 Å². The molecule has 0 radical (unpaired) electrons. The summed E-state index contributed by atoms with van der Waals surface area (Å²) in [6.45, 7) is 5.20. The second-order valence-electron chi connectivity index (χ2n) is 5.44. The van der Waals surface area contributed by atoms with E-state index >= 15 is 0 Å². The van der Waals surface area contributed by atoms with Crippen LogP contribution in [-0.4, -0.2) is 29.8 Å². The zero-order chi connectivity index (χ0) is 14.4. The molecule has 1 aromatic rings. The van der Waals surface area contributed by atoms with Crippen molar-refractivity contribution >= 4 is 17.7 Å². The van der Waals surface area contributed by atoms with E-state index in [1.807, 2.05) is 25.1 Å². The number of hydrogen-bond acceptors (Lipinski definition) is 3. The average molecular weight is 292 g/mol. The maximum atomic E-state index is 12.2. The largest absolute Gasteiger partial charge is 0.351 e. The molecule has 1 aliphatic rings. The molecule has 110 valence electrons. The molecule has 1 fully saturated rings. The van der Waals surface area contributed by atoms with Crippen LogP contribution in [0.3, 0.4) is 0 Å². The number of carbonyl (C=O) groups excluding carboxylic acids is 1. The molecule has 0 aliphatic carbocycles. The number of amides is 1. The number of thioether (sulfide) groups is 1. The zero-order valence-corrected chi connectivity index (χ0v) is 13.1. The lowest BCUT2D eigenvalue weighted by Gasteiger charge is -2.31. The van der Waals surface area contributed by atoms with E-state index < -0.39 is 0 Å². The van der Waals surface area contributed by atoms with Crippen LogP contribution < -0.4 is 10.6 Å². The number of hydrogen-bond donors (Lipinski definition) is 2. The zero-order valence-electron chi connectivity index (χ0n) is 12.3. The summed E-state index contributed by atoms with van der Waals surface area (Å²) in [6.07, 6.45) is 2.22. The summed E-state index contributed by atoms with van der Waals surface area (Å²) in [6, 6.07) is 10.9. The van der Waals surface area contributed by atoms with Gasteiger partial charge in [-0.3, -0.25) is 4.79 Å². The SMILES string of the molecule is CC(SCc1ccccc1)C(=O)NC1CCCNC1C. The maximum Gasteiger partial charge on any atom is 0.233 e. The smallest absolute Gasteiger partial charge is 0.233 e. The molecule has 1 saturated heterocycles. The normalized spacial score (nSPS) is 24.1. The molecule has 3 unspecified atom stereocenters. The van der Waals surface area contributed by atoms with E-state index in [-0.39, 0.29) is 17.2 Å². The number of nitrogens with one attached hydrogen (secondary N) is 2. The van der Waals surface area contributed by atoms with Crippen LogP contribution in [0.1, 0.15) is 32.3 Å². The second-order valence-corrected chi connectivity index (χ2v) is 6.77. The van der Waals surface area contributed by atoms with E-state index in [0.717, 1.165) is 25.1 Å². The van der Waals surface area contributed by atoms with Gasteiger partial charge < -0.3 is 10.6 Å². The quantitative estimate of drug-likeness (QED) is 0.876. The fourth-order valence-electron chi connectivity index (χ4n) is 2.41. The van der Waals surface area contributed by atoms with Crippen LogP contribution in [-0.2, 0) is 10.5 Å². The summed E-state index contributed by atoms with van der Waals surface area (Å²) in [4.78, 5) is 12.2. The highest BCUT2D eigenvalue weighted by atomic mass is 32.2. The molecule has 1 amide bonds. The van der Waals surface area contributed by atoms with Gasteiger partial charge in [0.2, 0.25) is 5.91 Å². The van der Waals surface area contributed by atoms with E-state index in [1.165, 1.54) is 5.56 Å². The van der Waals surface area contributed by atoms with Gasteiger partial charge in [0.15, 0.2) is 0 Å². The summed E-state index contributed by atoms with van der Waals surface area (Å²) in [7, 11) is 0. The second kappa shape index (κ2) is 7.70. The van der Waals surface area contributed by atoms with Crippen molar-refractivity contribution in [3.05, 3.63) is 35.9 Å². The lowest BCUT2D eigenvalue weighted by atomic mass is 10.00. The summed E-state index contributed by atoms with van der Waals surface area (Å²) in [5.74, 6) is 1.04. The monoisotopic (exact) mass is 292 g/mol. The van der Waals surface area contributed by atoms with Crippen molar-refractivity contribution in [2.24, 2.45) is 0 Å². The Morgan fingerprint density at radius 1 is 1.45 bits per heavy atom. The van der Waals surface area contributed by atoms with Gasteiger partial charge >= 0.3 is 0 Å². The standard InChI is InChI=1S/C16H24N2OS/c1-12-15(9-6-10-17-12)18-16(19)13(2)20-11-14-7-4-3-5-8-14/h3-5,7-8,12-13,15,17H,6,9-11H2,1-2H3,(H,18,19). The first-order valence-electron chi connectivity index (χ1n) is 7.36. The number of benzene rings is 1. The molecule has 1 aliphatic heterocycles. The summed E-state index contributed by atoms with van der Waals surface area (Å²) < 4.78 is 0. The third kappa shape index (κ3) is 4.53. The van der Waals surface area contributed by atoms with Crippen LogP contribution in [0.4, 0.5) is 0 Å². The Balaban J connectivity index is 1.77. The van der Waals surface area contributed by atoms with Crippen LogP contribution in [0.5, 0.6) is 0 Å². The Hall–Kier alpha value is -1.00. The highest BCUT2D eigenvalue weighted by Crippen LogP contribution is 2.18. The van der Waals surface area contributed by atoms with Gasteiger partial charge in [-0.15, -0.1) is 11.8 Å². The van der Waals surface area contributed by atoms with E-state index in [9.17, 15) is 4.79 Å². The minimum absolute atomic E-state index is 0.00988. The number of piperidine rings is 1. The molecule has 1 aromatic carbocycles. The molecular formula is C16H24N2OS. The first kappa shape index (κ1) is 15.4. The molecule has 0 bridgehead atoms. The van der Waals surface area contributed by atoms with Gasteiger partial charge in [0.1, 0.15) is 0 Å². The van der Waals surface area contributed by atoms with Gasteiger partial charge in [0.25, 0.3) is 0 Å². The summed E-state index contributed by atoms with van der Waals surface area (Å²) >= 11 is 1.69. The first-order valence-corrected chi connectivity index (χ1v) is 8.41. The van der Waals surface area contributed by atoms with Crippen molar-refractivity contribution in [1.29, 1.82) is 0 Å². The maximum absolute atomic E-state index is 12.2. The first-order chi connectivity index (χ1) is 9.66. The topological polar surface area (TPSA) is 41.1 Å². The van der Waals surface area contributed by atoms with Gasteiger partial charge in [0.05, 0.1) is 5.25 Å². The third-order valence-electron chi connectivity index (χ3n) is 3.80.